The molecule has 1 heterocycles. The third kappa shape index (κ3) is 4.05. The number of pyridine rings is 1. The third-order valence-corrected chi connectivity index (χ3v) is 2.04. The van der Waals surface area contributed by atoms with Gasteiger partial charge in [0.1, 0.15) is 0 Å². The lowest BCUT2D eigenvalue weighted by Crippen LogP contribution is -1.93. The van der Waals surface area contributed by atoms with Gasteiger partial charge in [0.25, 0.3) is 5.09 Å². The summed E-state index contributed by atoms with van der Waals surface area (Å²) < 4.78 is 0. The summed E-state index contributed by atoms with van der Waals surface area (Å²) in [5.74, 6) is 0. The van der Waals surface area contributed by atoms with E-state index >= 15 is 0 Å². The van der Waals surface area contributed by atoms with Crippen LogP contribution in [0.3, 0.4) is 0 Å². The molecule has 0 radical (unpaired) electrons. The van der Waals surface area contributed by atoms with E-state index in [-0.39, 0.29) is 0 Å². The zero-order valence-electron chi connectivity index (χ0n) is 9.87. The summed E-state index contributed by atoms with van der Waals surface area (Å²) in [6.45, 7) is 14.9. The third-order valence-electron chi connectivity index (χ3n) is 2.04. The molecular formula is C13H14N2O3. The van der Waals surface area contributed by atoms with Crippen molar-refractivity contribution in [2.24, 2.45) is 0 Å². The molecule has 0 aromatic carbocycles. The van der Waals surface area contributed by atoms with E-state index in [1.807, 2.05) is 0 Å². The van der Waals surface area contributed by atoms with Crippen LogP contribution in [-0.4, -0.2) is 15.3 Å². The predicted octanol–water partition coefficient (Wildman–Crippen LogP) is 3.31. The molecule has 0 unspecified atom stereocenters. The van der Waals surface area contributed by atoms with E-state index in [9.17, 15) is 0 Å². The van der Waals surface area contributed by atoms with E-state index in [0.717, 1.165) is 22.4 Å². The highest BCUT2D eigenvalue weighted by Gasteiger charge is 2.05. The first-order valence-corrected chi connectivity index (χ1v) is 4.87. The smallest absolute Gasteiger partial charge is 0.291 e. The molecule has 1 aromatic rings. The lowest BCUT2D eigenvalue weighted by atomic mass is 10.0. The number of rotatable bonds is 4. The highest BCUT2D eigenvalue weighted by Crippen LogP contribution is 2.21. The van der Waals surface area contributed by atoms with Gasteiger partial charge in [0.15, 0.2) is 0 Å². The summed E-state index contributed by atoms with van der Waals surface area (Å²) in [4.78, 5) is 12.6. The Bertz CT molecular complexity index is 450. The first-order chi connectivity index (χ1) is 8.51. The van der Waals surface area contributed by atoms with Gasteiger partial charge in [-0.2, -0.15) is 0 Å². The normalized spacial score (nSPS) is 8.44. The maximum atomic E-state index is 8.36. The highest BCUT2D eigenvalue weighted by molar-refractivity contribution is 5.76. The molecule has 0 saturated carbocycles. The van der Waals surface area contributed by atoms with Gasteiger partial charge in [-0.05, 0) is 11.6 Å². The Kier molecular flexibility index (Phi) is 6.43. The van der Waals surface area contributed by atoms with Crippen LogP contribution in [0.15, 0.2) is 32.5 Å². The van der Waals surface area contributed by atoms with Crippen molar-refractivity contribution in [3.05, 3.63) is 65.0 Å². The monoisotopic (exact) mass is 246 g/mol. The second-order valence-electron chi connectivity index (χ2n) is 2.98. The van der Waals surface area contributed by atoms with Crippen LogP contribution in [0.1, 0.15) is 22.4 Å². The molecule has 0 aliphatic heterocycles. The molecule has 0 spiro atoms. The molecule has 94 valence electrons. The number of hydrogen-bond donors (Lipinski definition) is 1. The fourth-order valence-electron chi connectivity index (χ4n) is 1.34. The van der Waals surface area contributed by atoms with Crippen molar-refractivity contribution < 1.29 is 10.3 Å². The number of nitrogens with zero attached hydrogens (tertiary/aromatic N) is 2. The summed E-state index contributed by atoms with van der Waals surface area (Å²) in [5.41, 5.74) is 3.73. The summed E-state index contributed by atoms with van der Waals surface area (Å²) in [5, 5.41) is 13.6. The molecule has 0 amide bonds. The lowest BCUT2D eigenvalue weighted by molar-refractivity contribution is -0.742. The van der Waals surface area contributed by atoms with E-state index in [2.05, 4.69) is 31.3 Å². The minimum Gasteiger partial charge on any atom is -0.328 e. The Morgan fingerprint density at radius 2 is 1.61 bits per heavy atom. The van der Waals surface area contributed by atoms with Crippen LogP contribution in [0.4, 0.5) is 0 Å². The van der Waals surface area contributed by atoms with Crippen LogP contribution >= 0.6 is 0 Å². The van der Waals surface area contributed by atoms with Crippen LogP contribution < -0.4 is 0 Å². The van der Waals surface area contributed by atoms with E-state index in [1.165, 1.54) is 0 Å². The maximum Gasteiger partial charge on any atom is 0.291 e. The summed E-state index contributed by atoms with van der Waals surface area (Å²) in [6.07, 6.45) is 8.76. The van der Waals surface area contributed by atoms with Gasteiger partial charge in [-0.25, -0.2) is 0 Å². The van der Waals surface area contributed by atoms with Crippen molar-refractivity contribution in [3.63, 3.8) is 0 Å². The van der Waals surface area contributed by atoms with Crippen LogP contribution in [0.2, 0.25) is 0 Å². The Morgan fingerprint density at radius 1 is 1.11 bits per heavy atom. The molecule has 0 aliphatic carbocycles. The maximum absolute atomic E-state index is 8.36. The molecule has 0 fully saturated rings. The molecule has 0 aliphatic rings. The summed E-state index contributed by atoms with van der Waals surface area (Å²) in [6, 6.07) is 0. The average molecular weight is 246 g/mol. The first kappa shape index (κ1) is 15.3. The molecule has 0 bridgehead atoms. The average Bonchev–Trinajstić information content (AvgIpc) is 2.35. The van der Waals surface area contributed by atoms with E-state index in [4.69, 9.17) is 15.3 Å². The van der Waals surface area contributed by atoms with Crippen molar-refractivity contribution in [2.45, 2.75) is 0 Å². The Labute approximate surface area is 105 Å². The van der Waals surface area contributed by atoms with Crippen LogP contribution in [0, 0.1) is 10.1 Å². The van der Waals surface area contributed by atoms with Crippen LogP contribution in [0.5, 0.6) is 0 Å². The Balaban J connectivity index is 0.000000631. The van der Waals surface area contributed by atoms with Crippen molar-refractivity contribution in [1.82, 2.24) is 4.98 Å². The fraction of sp³-hybridized carbons (Fsp3) is 0. The molecular weight excluding hydrogens is 232 g/mol. The predicted molar refractivity (Wildman–Crippen MR) is 73.4 cm³/mol. The van der Waals surface area contributed by atoms with Gasteiger partial charge in [0.05, 0.1) is 5.69 Å². The van der Waals surface area contributed by atoms with Gasteiger partial charge in [-0.3, -0.25) is 4.98 Å². The largest absolute Gasteiger partial charge is 0.328 e. The SMILES string of the molecule is C=Cc1cnc(C=C)c(C=C)c1C=C.O=[N+]([O-])O. The van der Waals surface area contributed by atoms with Gasteiger partial charge in [-0.15, -0.1) is 10.1 Å². The standard InChI is InChI=1S/C13H13N.HNO3/c1-5-10-9-14-13(8-4)12(7-3)11(10)6-2;2-1(3)4/h5-9H,1-4H2;(H,2,3,4). The van der Waals surface area contributed by atoms with Gasteiger partial charge in [0.2, 0.25) is 0 Å². The molecule has 1 aromatic heterocycles. The molecule has 1 N–H and O–H groups in total. The fourth-order valence-corrected chi connectivity index (χ4v) is 1.34. The second kappa shape index (κ2) is 7.56. The van der Waals surface area contributed by atoms with Crippen molar-refractivity contribution in [3.8, 4) is 0 Å². The molecule has 1 rings (SSSR count). The van der Waals surface area contributed by atoms with Crippen LogP contribution in [0.25, 0.3) is 24.3 Å². The van der Waals surface area contributed by atoms with E-state index < -0.39 is 5.09 Å². The molecule has 18 heavy (non-hydrogen) atoms. The summed E-state index contributed by atoms with van der Waals surface area (Å²) >= 11 is 0. The number of hydrogen-bond acceptors (Lipinski definition) is 3. The topological polar surface area (TPSA) is 76.3 Å². The van der Waals surface area contributed by atoms with Gasteiger partial charge < -0.3 is 5.21 Å². The van der Waals surface area contributed by atoms with Crippen molar-refractivity contribution >= 4 is 24.3 Å². The van der Waals surface area contributed by atoms with E-state index in [1.54, 1.807) is 30.5 Å². The van der Waals surface area contributed by atoms with Crippen molar-refractivity contribution in [2.75, 3.05) is 0 Å². The van der Waals surface area contributed by atoms with E-state index in [0.29, 0.717) is 0 Å². The number of aromatic nitrogens is 1. The Hall–Kier alpha value is -2.69. The quantitative estimate of drug-likeness (QED) is 0.653. The minimum absolute atomic E-state index is 0.820. The van der Waals surface area contributed by atoms with Gasteiger partial charge in [0, 0.05) is 17.3 Å². The molecule has 5 heteroatoms. The minimum atomic E-state index is -1.50. The zero-order chi connectivity index (χ0) is 14.1. The van der Waals surface area contributed by atoms with Crippen molar-refractivity contribution in [1.29, 1.82) is 0 Å². The molecule has 0 saturated heterocycles. The molecule has 0 atom stereocenters. The summed E-state index contributed by atoms with van der Waals surface area (Å²) in [7, 11) is 0. The highest BCUT2D eigenvalue weighted by atomic mass is 16.9. The first-order valence-electron chi connectivity index (χ1n) is 4.87. The lowest BCUT2D eigenvalue weighted by Gasteiger charge is -2.07. The zero-order valence-corrected chi connectivity index (χ0v) is 9.87. The Morgan fingerprint density at radius 3 is 1.94 bits per heavy atom. The second-order valence-corrected chi connectivity index (χ2v) is 2.98. The van der Waals surface area contributed by atoms with Gasteiger partial charge >= 0.3 is 0 Å². The van der Waals surface area contributed by atoms with Gasteiger partial charge in [-0.1, -0.05) is 44.5 Å². The van der Waals surface area contributed by atoms with Crippen LogP contribution in [-0.2, 0) is 0 Å². The molecule has 5 nitrogen and oxygen atoms in total.